The lowest BCUT2D eigenvalue weighted by atomic mass is 10.1. The van der Waals surface area contributed by atoms with E-state index in [-0.39, 0.29) is 12.1 Å². The lowest BCUT2D eigenvalue weighted by molar-refractivity contribution is -0.152. The van der Waals surface area contributed by atoms with Gasteiger partial charge >= 0.3 is 5.97 Å². The van der Waals surface area contributed by atoms with Crippen molar-refractivity contribution < 1.29 is 14.3 Å². The zero-order chi connectivity index (χ0) is 11.0. The van der Waals surface area contributed by atoms with Gasteiger partial charge < -0.3 is 15.2 Å². The first-order valence-corrected chi connectivity index (χ1v) is 5.06. The molecule has 0 heterocycles. The Kier molecular flexibility index (Phi) is 7.42. The Morgan fingerprint density at radius 1 is 1.50 bits per heavy atom. The molecule has 0 aliphatic heterocycles. The Bertz CT molecular complexity index is 161. The molecule has 14 heavy (non-hydrogen) atoms. The summed E-state index contributed by atoms with van der Waals surface area (Å²) in [7, 11) is 1.57. The van der Waals surface area contributed by atoms with Crippen molar-refractivity contribution in [3.05, 3.63) is 0 Å². The number of esters is 1. The summed E-state index contributed by atoms with van der Waals surface area (Å²) in [6, 6.07) is -0.491. The number of hydrogen-bond donors (Lipinski definition) is 1. The maximum absolute atomic E-state index is 11.3. The molecule has 4 heteroatoms. The van der Waals surface area contributed by atoms with Crippen molar-refractivity contribution in [2.24, 2.45) is 5.73 Å². The van der Waals surface area contributed by atoms with E-state index < -0.39 is 6.04 Å². The standard InChI is InChI=1S/C10H21NO3/c1-4-5-6-9(11)10(12)14-8(2)7-13-3/h8-9H,4-7,11H2,1-3H3. The second-order valence-corrected chi connectivity index (χ2v) is 3.45. The van der Waals surface area contributed by atoms with Gasteiger partial charge in [-0.2, -0.15) is 0 Å². The van der Waals surface area contributed by atoms with Gasteiger partial charge in [0, 0.05) is 7.11 Å². The van der Waals surface area contributed by atoms with Crippen LogP contribution in [0, 0.1) is 0 Å². The minimum atomic E-state index is -0.491. The van der Waals surface area contributed by atoms with Crippen LogP contribution in [-0.2, 0) is 14.3 Å². The first-order valence-electron chi connectivity index (χ1n) is 5.06. The number of methoxy groups -OCH3 is 1. The van der Waals surface area contributed by atoms with Crippen LogP contribution in [-0.4, -0.2) is 31.8 Å². The first kappa shape index (κ1) is 13.4. The van der Waals surface area contributed by atoms with E-state index in [1.807, 2.05) is 0 Å². The molecule has 0 aliphatic carbocycles. The molecule has 84 valence electrons. The van der Waals surface area contributed by atoms with Gasteiger partial charge in [-0.3, -0.25) is 4.79 Å². The largest absolute Gasteiger partial charge is 0.459 e. The number of carbonyl (C=O) groups excluding carboxylic acids is 1. The number of ether oxygens (including phenoxy) is 2. The summed E-state index contributed by atoms with van der Waals surface area (Å²) in [6.07, 6.45) is 2.46. The van der Waals surface area contributed by atoms with Crippen LogP contribution in [0.2, 0.25) is 0 Å². The molecule has 0 rings (SSSR count). The molecular formula is C10H21NO3. The monoisotopic (exact) mass is 203 g/mol. The number of hydrogen-bond acceptors (Lipinski definition) is 4. The van der Waals surface area contributed by atoms with Gasteiger partial charge in [0.05, 0.1) is 6.61 Å². The average molecular weight is 203 g/mol. The summed E-state index contributed by atoms with van der Waals surface area (Å²) < 4.78 is 9.91. The molecular weight excluding hydrogens is 182 g/mol. The van der Waals surface area contributed by atoms with Gasteiger partial charge in [0.15, 0.2) is 0 Å². The fraction of sp³-hybridized carbons (Fsp3) is 0.900. The summed E-state index contributed by atoms with van der Waals surface area (Å²) in [5.74, 6) is -0.331. The van der Waals surface area contributed by atoms with Crippen molar-refractivity contribution in [1.82, 2.24) is 0 Å². The highest BCUT2D eigenvalue weighted by Crippen LogP contribution is 2.02. The van der Waals surface area contributed by atoms with Crippen LogP contribution in [0.5, 0.6) is 0 Å². The van der Waals surface area contributed by atoms with E-state index >= 15 is 0 Å². The Morgan fingerprint density at radius 2 is 2.14 bits per heavy atom. The molecule has 0 saturated heterocycles. The van der Waals surface area contributed by atoms with Crippen LogP contribution in [0.25, 0.3) is 0 Å². The second-order valence-electron chi connectivity index (χ2n) is 3.45. The van der Waals surface area contributed by atoms with Gasteiger partial charge in [-0.25, -0.2) is 0 Å². The molecule has 0 aromatic heterocycles. The van der Waals surface area contributed by atoms with Crippen molar-refractivity contribution in [2.45, 2.75) is 45.3 Å². The number of rotatable bonds is 7. The molecule has 0 amide bonds. The summed E-state index contributed by atoms with van der Waals surface area (Å²) in [5, 5.41) is 0. The fourth-order valence-corrected chi connectivity index (χ4v) is 1.10. The smallest absolute Gasteiger partial charge is 0.323 e. The van der Waals surface area contributed by atoms with E-state index in [1.54, 1.807) is 14.0 Å². The van der Waals surface area contributed by atoms with Gasteiger partial charge in [0.25, 0.3) is 0 Å². The molecule has 2 atom stereocenters. The molecule has 4 nitrogen and oxygen atoms in total. The molecule has 2 N–H and O–H groups in total. The third kappa shape index (κ3) is 5.94. The second kappa shape index (κ2) is 7.76. The lowest BCUT2D eigenvalue weighted by Crippen LogP contribution is -2.35. The normalized spacial score (nSPS) is 14.9. The van der Waals surface area contributed by atoms with Crippen LogP contribution < -0.4 is 5.73 Å². The molecule has 0 saturated carbocycles. The number of nitrogens with two attached hydrogens (primary N) is 1. The van der Waals surface area contributed by atoms with E-state index in [4.69, 9.17) is 15.2 Å². The highest BCUT2D eigenvalue weighted by atomic mass is 16.6. The molecule has 0 aromatic rings. The van der Waals surface area contributed by atoms with E-state index in [0.717, 1.165) is 12.8 Å². The summed E-state index contributed by atoms with van der Waals surface area (Å²) in [5.41, 5.74) is 5.63. The average Bonchev–Trinajstić information content (AvgIpc) is 2.14. The predicted molar refractivity (Wildman–Crippen MR) is 54.9 cm³/mol. The Labute approximate surface area is 85.8 Å². The zero-order valence-corrected chi connectivity index (χ0v) is 9.29. The van der Waals surface area contributed by atoms with Crippen LogP contribution in [0.1, 0.15) is 33.1 Å². The SMILES string of the molecule is CCCCC(N)C(=O)OC(C)COC. The molecule has 2 unspecified atom stereocenters. The Hall–Kier alpha value is -0.610. The third-order valence-electron chi connectivity index (χ3n) is 1.89. The lowest BCUT2D eigenvalue weighted by Gasteiger charge is -2.15. The first-order chi connectivity index (χ1) is 6.61. The number of unbranched alkanes of at least 4 members (excludes halogenated alkanes) is 1. The van der Waals surface area contributed by atoms with Gasteiger partial charge in [0.2, 0.25) is 0 Å². The van der Waals surface area contributed by atoms with Gasteiger partial charge in [0.1, 0.15) is 12.1 Å². The Morgan fingerprint density at radius 3 is 2.64 bits per heavy atom. The van der Waals surface area contributed by atoms with Crippen molar-refractivity contribution in [1.29, 1.82) is 0 Å². The highest BCUT2D eigenvalue weighted by molar-refractivity contribution is 5.75. The summed E-state index contributed by atoms with van der Waals surface area (Å²) >= 11 is 0. The summed E-state index contributed by atoms with van der Waals surface area (Å²) in [6.45, 7) is 4.26. The van der Waals surface area contributed by atoms with Crippen LogP contribution >= 0.6 is 0 Å². The van der Waals surface area contributed by atoms with Crippen molar-refractivity contribution in [3.63, 3.8) is 0 Å². The topological polar surface area (TPSA) is 61.6 Å². The van der Waals surface area contributed by atoms with Crippen molar-refractivity contribution in [3.8, 4) is 0 Å². The molecule has 0 radical (unpaired) electrons. The highest BCUT2D eigenvalue weighted by Gasteiger charge is 2.16. The minimum Gasteiger partial charge on any atom is -0.459 e. The zero-order valence-electron chi connectivity index (χ0n) is 9.29. The minimum absolute atomic E-state index is 0.222. The van der Waals surface area contributed by atoms with Crippen LogP contribution in [0.4, 0.5) is 0 Å². The summed E-state index contributed by atoms with van der Waals surface area (Å²) in [4.78, 5) is 11.3. The molecule has 0 aliphatic rings. The van der Waals surface area contributed by atoms with E-state index in [0.29, 0.717) is 13.0 Å². The third-order valence-corrected chi connectivity index (χ3v) is 1.89. The molecule has 0 aromatic carbocycles. The van der Waals surface area contributed by atoms with Crippen molar-refractivity contribution in [2.75, 3.05) is 13.7 Å². The number of carbonyl (C=O) groups is 1. The van der Waals surface area contributed by atoms with Gasteiger partial charge in [-0.05, 0) is 13.3 Å². The maximum atomic E-state index is 11.3. The van der Waals surface area contributed by atoms with Crippen LogP contribution in [0.15, 0.2) is 0 Å². The maximum Gasteiger partial charge on any atom is 0.323 e. The van der Waals surface area contributed by atoms with Gasteiger partial charge in [-0.1, -0.05) is 19.8 Å². The predicted octanol–water partition coefficient (Wildman–Crippen LogP) is 1.08. The Balaban J connectivity index is 3.71. The van der Waals surface area contributed by atoms with E-state index in [1.165, 1.54) is 0 Å². The van der Waals surface area contributed by atoms with Crippen molar-refractivity contribution >= 4 is 5.97 Å². The van der Waals surface area contributed by atoms with Gasteiger partial charge in [-0.15, -0.1) is 0 Å². The molecule has 0 bridgehead atoms. The fourth-order valence-electron chi connectivity index (χ4n) is 1.10. The molecule has 0 spiro atoms. The van der Waals surface area contributed by atoms with Crippen LogP contribution in [0.3, 0.4) is 0 Å². The quantitative estimate of drug-likeness (QED) is 0.629. The van der Waals surface area contributed by atoms with E-state index in [2.05, 4.69) is 6.92 Å². The van der Waals surface area contributed by atoms with E-state index in [9.17, 15) is 4.79 Å². The molecule has 0 fully saturated rings.